The van der Waals surface area contributed by atoms with Gasteiger partial charge in [0.25, 0.3) is 0 Å². The van der Waals surface area contributed by atoms with Gasteiger partial charge < -0.3 is 9.47 Å². The summed E-state index contributed by atoms with van der Waals surface area (Å²) in [4.78, 5) is 30.8. The fourth-order valence-corrected chi connectivity index (χ4v) is 5.84. The van der Waals surface area contributed by atoms with Crippen molar-refractivity contribution in [2.75, 3.05) is 13.1 Å². The summed E-state index contributed by atoms with van der Waals surface area (Å²) in [5.74, 6) is -3.78. The Kier molecular flexibility index (Phi) is 9.46. The van der Waals surface area contributed by atoms with Gasteiger partial charge in [0.2, 0.25) is 0 Å². The largest absolute Gasteiger partial charge is 0.491 e. The van der Waals surface area contributed by atoms with E-state index < -0.39 is 24.0 Å². The van der Waals surface area contributed by atoms with E-state index in [1.807, 2.05) is 32.2 Å². The topological polar surface area (TPSA) is 92.5 Å². The van der Waals surface area contributed by atoms with Crippen LogP contribution in [0.3, 0.4) is 0 Å². The van der Waals surface area contributed by atoms with Crippen molar-refractivity contribution in [1.29, 1.82) is 5.26 Å². The van der Waals surface area contributed by atoms with E-state index in [4.69, 9.17) is 4.74 Å². The first-order valence-corrected chi connectivity index (χ1v) is 14.1. The summed E-state index contributed by atoms with van der Waals surface area (Å²) in [6, 6.07) is 13.8. The van der Waals surface area contributed by atoms with E-state index in [-0.39, 0.29) is 6.10 Å². The van der Waals surface area contributed by atoms with E-state index in [9.17, 15) is 28.0 Å². The molecule has 3 aromatic rings. The lowest BCUT2D eigenvalue weighted by Crippen LogP contribution is -2.38. The van der Waals surface area contributed by atoms with Crippen LogP contribution < -0.4 is 4.74 Å². The molecule has 4 rings (SSSR count). The summed E-state index contributed by atoms with van der Waals surface area (Å²) >= 11 is 1.54. The number of hydrogen-bond acceptors (Lipinski definition) is 8. The highest BCUT2D eigenvalue weighted by Crippen LogP contribution is 2.37. The lowest BCUT2D eigenvalue weighted by atomic mass is 9.94. The van der Waals surface area contributed by atoms with Gasteiger partial charge >= 0.3 is 18.1 Å². The van der Waals surface area contributed by atoms with E-state index in [0.717, 1.165) is 33.0 Å². The van der Waals surface area contributed by atoms with Crippen LogP contribution in [-0.4, -0.2) is 47.2 Å². The number of piperidine rings is 1. The van der Waals surface area contributed by atoms with Gasteiger partial charge in [0.15, 0.2) is 0 Å². The maximum atomic E-state index is 12.4. The molecule has 0 aliphatic carbocycles. The Bertz CT molecular complexity index is 1450. The number of halogens is 3. The summed E-state index contributed by atoms with van der Waals surface area (Å²) in [5.41, 5.74) is 4.64. The van der Waals surface area contributed by atoms with Crippen molar-refractivity contribution in [3.05, 3.63) is 59.3 Å². The molecular formula is C30H30F3N3O4S. The van der Waals surface area contributed by atoms with Crippen LogP contribution in [-0.2, 0) is 27.3 Å². The zero-order chi connectivity index (χ0) is 29.7. The van der Waals surface area contributed by atoms with Crippen LogP contribution in [0.5, 0.6) is 5.75 Å². The van der Waals surface area contributed by atoms with Crippen LogP contribution in [0.1, 0.15) is 50.3 Å². The van der Waals surface area contributed by atoms with Crippen molar-refractivity contribution in [1.82, 2.24) is 9.88 Å². The third-order valence-electron chi connectivity index (χ3n) is 6.85. The molecule has 1 aromatic heterocycles. The number of thiazole rings is 1. The van der Waals surface area contributed by atoms with Crippen LogP contribution >= 0.6 is 11.3 Å². The van der Waals surface area contributed by atoms with Gasteiger partial charge in [-0.05, 0) is 81.1 Å². The zero-order valence-electron chi connectivity index (χ0n) is 23.0. The van der Waals surface area contributed by atoms with Crippen LogP contribution in [0.2, 0.25) is 0 Å². The van der Waals surface area contributed by atoms with Crippen molar-refractivity contribution in [3.8, 4) is 32.8 Å². The molecule has 1 aliphatic rings. The maximum Gasteiger partial charge on any atom is 0.491 e. The Balaban J connectivity index is 1.46. The number of carbonyl (C=O) groups excluding carboxylic acids is 2. The molecule has 2 heterocycles. The van der Waals surface area contributed by atoms with Crippen molar-refractivity contribution in [3.63, 3.8) is 0 Å². The van der Waals surface area contributed by atoms with E-state index in [1.165, 1.54) is 16.9 Å². The number of likely N-dealkylation sites (tertiary alicyclic amines) is 1. The van der Waals surface area contributed by atoms with Gasteiger partial charge in [-0.3, -0.25) is 9.69 Å². The normalized spacial score (nSPS) is 14.6. The number of benzene rings is 2. The summed E-state index contributed by atoms with van der Waals surface area (Å²) in [6.45, 7) is 7.51. The molecule has 1 fully saturated rings. The maximum absolute atomic E-state index is 12.4. The fraction of sp³-hybridized carbons (Fsp3) is 0.400. The standard InChI is InChI=1S/C30H30F3N3O4S/c1-4-23-21(17-36-12-10-19(11-13-36)28(37)40-29(38)30(31,32)33)6-5-7-24(23)26-16-35-27(41-26)20-8-9-25(39-18(2)3)22(14-20)15-34/h5-9,14,16,18-19H,4,10-13,17H2,1-3H3. The van der Waals surface area contributed by atoms with Gasteiger partial charge in [-0.1, -0.05) is 25.1 Å². The highest BCUT2D eigenvalue weighted by molar-refractivity contribution is 7.18. The first-order valence-electron chi connectivity index (χ1n) is 13.3. The molecule has 0 unspecified atom stereocenters. The zero-order valence-corrected chi connectivity index (χ0v) is 23.8. The molecule has 1 saturated heterocycles. The molecule has 2 aromatic carbocycles. The van der Waals surface area contributed by atoms with Gasteiger partial charge in [-0.25, -0.2) is 9.78 Å². The number of alkyl halides is 3. The number of ether oxygens (including phenoxy) is 2. The predicted octanol–water partition coefficient (Wildman–Crippen LogP) is 6.54. The van der Waals surface area contributed by atoms with Crippen LogP contribution in [0.25, 0.3) is 21.0 Å². The summed E-state index contributed by atoms with van der Waals surface area (Å²) in [6.07, 6.45) is -1.99. The molecule has 0 N–H and O–H groups in total. The summed E-state index contributed by atoms with van der Waals surface area (Å²) in [5, 5.41) is 10.4. The highest BCUT2D eigenvalue weighted by atomic mass is 32.1. The third kappa shape index (κ3) is 7.31. The predicted molar refractivity (Wildman–Crippen MR) is 148 cm³/mol. The fourth-order valence-electron chi connectivity index (χ4n) is 4.87. The first-order chi connectivity index (χ1) is 19.5. The Labute approximate surface area is 240 Å². The molecule has 7 nitrogen and oxygen atoms in total. The Hall–Kier alpha value is -3.75. The lowest BCUT2D eigenvalue weighted by Gasteiger charge is -2.31. The summed E-state index contributed by atoms with van der Waals surface area (Å²) in [7, 11) is 0. The highest BCUT2D eigenvalue weighted by Gasteiger charge is 2.43. The second-order valence-corrected chi connectivity index (χ2v) is 11.1. The number of hydrogen-bond donors (Lipinski definition) is 0. The van der Waals surface area contributed by atoms with Gasteiger partial charge in [0.1, 0.15) is 16.8 Å². The molecule has 0 radical (unpaired) electrons. The Morgan fingerprint density at radius 3 is 2.56 bits per heavy atom. The molecule has 41 heavy (non-hydrogen) atoms. The average Bonchev–Trinajstić information content (AvgIpc) is 3.43. The van der Waals surface area contributed by atoms with Gasteiger partial charge in [0, 0.05) is 18.3 Å². The minimum absolute atomic E-state index is 0.0454. The molecule has 0 spiro atoms. The molecule has 1 aliphatic heterocycles. The SMILES string of the molecule is CCc1c(CN2CCC(C(=O)OC(=O)C(F)(F)F)CC2)cccc1-c1cnc(-c2ccc(OC(C)C)c(C#N)c2)s1. The van der Waals surface area contributed by atoms with Crippen LogP contribution in [0, 0.1) is 17.2 Å². The Morgan fingerprint density at radius 1 is 1.20 bits per heavy atom. The second-order valence-electron chi connectivity index (χ2n) is 10.1. The Morgan fingerprint density at radius 2 is 1.93 bits per heavy atom. The molecule has 0 amide bonds. The molecule has 216 valence electrons. The van der Waals surface area contributed by atoms with Gasteiger partial charge in [-0.15, -0.1) is 11.3 Å². The summed E-state index contributed by atoms with van der Waals surface area (Å²) < 4.78 is 47.0. The number of carbonyl (C=O) groups is 2. The number of nitriles is 1. The van der Waals surface area contributed by atoms with E-state index >= 15 is 0 Å². The molecule has 0 saturated carbocycles. The van der Waals surface area contributed by atoms with E-state index in [0.29, 0.717) is 43.8 Å². The quantitative estimate of drug-likeness (QED) is 0.219. The van der Waals surface area contributed by atoms with Crippen molar-refractivity contribution >= 4 is 23.3 Å². The average molecular weight is 586 g/mol. The second kappa shape index (κ2) is 12.8. The smallest absolute Gasteiger partial charge is 0.490 e. The molecule has 0 atom stereocenters. The van der Waals surface area contributed by atoms with Crippen LogP contribution in [0.4, 0.5) is 13.2 Å². The van der Waals surface area contributed by atoms with Crippen molar-refractivity contribution in [2.45, 2.75) is 58.9 Å². The van der Waals surface area contributed by atoms with Gasteiger partial charge in [-0.2, -0.15) is 18.4 Å². The van der Waals surface area contributed by atoms with E-state index in [1.54, 1.807) is 12.1 Å². The number of esters is 2. The van der Waals surface area contributed by atoms with Crippen molar-refractivity contribution < 1.29 is 32.2 Å². The first kappa shape index (κ1) is 30.2. The number of nitrogens with zero attached hydrogens (tertiary/aromatic N) is 3. The molecular weight excluding hydrogens is 555 g/mol. The van der Waals surface area contributed by atoms with Crippen molar-refractivity contribution in [2.24, 2.45) is 5.92 Å². The minimum atomic E-state index is -5.19. The number of rotatable bonds is 8. The molecule has 0 bridgehead atoms. The monoisotopic (exact) mass is 585 g/mol. The number of aromatic nitrogens is 1. The van der Waals surface area contributed by atoms with E-state index in [2.05, 4.69) is 39.7 Å². The lowest BCUT2D eigenvalue weighted by molar-refractivity contribution is -0.203. The molecule has 11 heteroatoms. The third-order valence-corrected chi connectivity index (χ3v) is 7.93. The van der Waals surface area contributed by atoms with Crippen LogP contribution in [0.15, 0.2) is 42.6 Å². The van der Waals surface area contributed by atoms with Gasteiger partial charge in [0.05, 0.1) is 22.5 Å². The minimum Gasteiger partial charge on any atom is -0.490 e.